The molecule has 1 N–H and O–H groups in total. The molecule has 1 unspecified atom stereocenters. The van der Waals surface area contributed by atoms with Gasteiger partial charge >= 0.3 is 0 Å². The standard InChI is InChI=1S/C17H28N2/c1-3-15-7-6-12-19(13-15)14-17-9-5-4-8-16(17)10-11-18-2/h4-5,8-9,15,18H,3,6-7,10-14H2,1-2H3. The Morgan fingerprint density at radius 1 is 1.26 bits per heavy atom. The maximum Gasteiger partial charge on any atom is 0.0236 e. The zero-order chi connectivity index (χ0) is 13.5. The van der Waals surface area contributed by atoms with Crippen LogP contribution in [0.2, 0.25) is 0 Å². The summed E-state index contributed by atoms with van der Waals surface area (Å²) in [5, 5.41) is 3.25. The molecule has 0 aromatic heterocycles. The van der Waals surface area contributed by atoms with E-state index in [1.165, 1.54) is 43.5 Å². The number of hydrogen-bond acceptors (Lipinski definition) is 2. The van der Waals surface area contributed by atoms with Crippen molar-refractivity contribution in [3.63, 3.8) is 0 Å². The van der Waals surface area contributed by atoms with Crippen LogP contribution in [0, 0.1) is 5.92 Å². The highest BCUT2D eigenvalue weighted by atomic mass is 15.1. The molecule has 1 aliphatic heterocycles. The fourth-order valence-corrected chi connectivity index (χ4v) is 3.08. The van der Waals surface area contributed by atoms with E-state index >= 15 is 0 Å². The first-order valence-electron chi connectivity index (χ1n) is 7.77. The molecule has 0 saturated carbocycles. The predicted octanol–water partition coefficient (Wildman–Crippen LogP) is 3.07. The quantitative estimate of drug-likeness (QED) is 0.845. The molecule has 0 aliphatic carbocycles. The first-order valence-corrected chi connectivity index (χ1v) is 7.77. The Bertz CT molecular complexity index is 375. The summed E-state index contributed by atoms with van der Waals surface area (Å²) in [7, 11) is 2.03. The topological polar surface area (TPSA) is 15.3 Å². The summed E-state index contributed by atoms with van der Waals surface area (Å²) in [6, 6.07) is 8.94. The smallest absolute Gasteiger partial charge is 0.0236 e. The van der Waals surface area contributed by atoms with Crippen molar-refractivity contribution in [2.75, 3.05) is 26.7 Å². The van der Waals surface area contributed by atoms with E-state index in [2.05, 4.69) is 41.4 Å². The lowest BCUT2D eigenvalue weighted by atomic mass is 9.94. The van der Waals surface area contributed by atoms with Crippen LogP contribution in [0.5, 0.6) is 0 Å². The monoisotopic (exact) mass is 260 g/mol. The van der Waals surface area contributed by atoms with E-state index in [9.17, 15) is 0 Å². The second kappa shape index (κ2) is 7.66. The number of likely N-dealkylation sites (tertiary alicyclic amines) is 1. The third-order valence-corrected chi connectivity index (χ3v) is 4.34. The minimum Gasteiger partial charge on any atom is -0.319 e. The fraction of sp³-hybridized carbons (Fsp3) is 0.647. The Labute approximate surface area is 118 Å². The lowest BCUT2D eigenvalue weighted by molar-refractivity contribution is 0.164. The highest BCUT2D eigenvalue weighted by Gasteiger charge is 2.18. The van der Waals surface area contributed by atoms with Crippen molar-refractivity contribution in [1.82, 2.24) is 10.2 Å². The molecule has 1 aliphatic rings. The first-order chi connectivity index (χ1) is 9.33. The van der Waals surface area contributed by atoms with Crippen molar-refractivity contribution in [1.29, 1.82) is 0 Å². The number of nitrogens with one attached hydrogen (secondary N) is 1. The number of hydrogen-bond donors (Lipinski definition) is 1. The van der Waals surface area contributed by atoms with Gasteiger partial charge in [-0.1, -0.05) is 37.6 Å². The highest BCUT2D eigenvalue weighted by molar-refractivity contribution is 5.27. The molecule has 1 saturated heterocycles. The molecule has 0 amide bonds. The van der Waals surface area contributed by atoms with Gasteiger partial charge in [0, 0.05) is 13.1 Å². The molecule has 2 heteroatoms. The van der Waals surface area contributed by atoms with Gasteiger partial charge in [-0.3, -0.25) is 4.90 Å². The average Bonchev–Trinajstić information content (AvgIpc) is 2.46. The normalized spacial score (nSPS) is 20.6. The average molecular weight is 260 g/mol. The third-order valence-electron chi connectivity index (χ3n) is 4.34. The van der Waals surface area contributed by atoms with Crippen molar-refractivity contribution in [2.24, 2.45) is 5.92 Å². The second-order valence-electron chi connectivity index (χ2n) is 5.77. The molecule has 2 rings (SSSR count). The van der Waals surface area contributed by atoms with Crippen molar-refractivity contribution in [2.45, 2.75) is 39.2 Å². The summed E-state index contributed by atoms with van der Waals surface area (Å²) in [4.78, 5) is 2.65. The SMILES string of the molecule is CCC1CCCN(Cc2ccccc2CCNC)C1. The van der Waals surface area contributed by atoms with Gasteiger partial charge in [0.1, 0.15) is 0 Å². The van der Waals surface area contributed by atoms with Crippen LogP contribution >= 0.6 is 0 Å². The van der Waals surface area contributed by atoms with Gasteiger partial charge in [-0.05, 0) is 56.4 Å². The molecule has 2 nitrogen and oxygen atoms in total. The molecule has 1 atom stereocenters. The molecule has 1 fully saturated rings. The van der Waals surface area contributed by atoms with Gasteiger partial charge in [0.05, 0.1) is 0 Å². The van der Waals surface area contributed by atoms with Crippen molar-refractivity contribution in [3.05, 3.63) is 35.4 Å². The third kappa shape index (κ3) is 4.32. The lowest BCUT2D eigenvalue weighted by Crippen LogP contribution is -2.34. The van der Waals surface area contributed by atoms with E-state index < -0.39 is 0 Å². The summed E-state index contributed by atoms with van der Waals surface area (Å²) in [6.07, 6.45) is 5.27. The van der Waals surface area contributed by atoms with E-state index in [4.69, 9.17) is 0 Å². The lowest BCUT2D eigenvalue weighted by Gasteiger charge is -2.32. The Morgan fingerprint density at radius 3 is 2.79 bits per heavy atom. The Morgan fingerprint density at radius 2 is 2.05 bits per heavy atom. The van der Waals surface area contributed by atoms with Crippen LogP contribution in [0.15, 0.2) is 24.3 Å². The number of piperidine rings is 1. The molecule has 0 spiro atoms. The van der Waals surface area contributed by atoms with Crippen LogP contribution in [-0.4, -0.2) is 31.6 Å². The van der Waals surface area contributed by atoms with Crippen LogP contribution < -0.4 is 5.32 Å². The Hall–Kier alpha value is -0.860. The number of nitrogens with zero attached hydrogens (tertiary/aromatic N) is 1. The van der Waals surface area contributed by atoms with Crippen molar-refractivity contribution >= 4 is 0 Å². The van der Waals surface area contributed by atoms with Gasteiger partial charge in [0.2, 0.25) is 0 Å². The van der Waals surface area contributed by atoms with Gasteiger partial charge in [0.25, 0.3) is 0 Å². The van der Waals surface area contributed by atoms with Crippen LogP contribution in [0.4, 0.5) is 0 Å². The Kier molecular flexibility index (Phi) is 5.87. The zero-order valence-corrected chi connectivity index (χ0v) is 12.5. The molecule has 0 bridgehead atoms. The molecule has 0 radical (unpaired) electrons. The van der Waals surface area contributed by atoms with Gasteiger partial charge in [0.15, 0.2) is 0 Å². The van der Waals surface area contributed by atoms with Crippen molar-refractivity contribution in [3.8, 4) is 0 Å². The van der Waals surface area contributed by atoms with Crippen LogP contribution in [0.3, 0.4) is 0 Å². The summed E-state index contributed by atoms with van der Waals surface area (Å²) in [5.74, 6) is 0.915. The van der Waals surface area contributed by atoms with E-state index in [-0.39, 0.29) is 0 Å². The number of rotatable bonds is 6. The predicted molar refractivity (Wildman–Crippen MR) is 82.4 cm³/mol. The summed E-state index contributed by atoms with van der Waals surface area (Å²) < 4.78 is 0. The van der Waals surface area contributed by atoms with Crippen LogP contribution in [0.1, 0.15) is 37.3 Å². The number of benzene rings is 1. The maximum atomic E-state index is 3.25. The molecule has 106 valence electrons. The maximum absolute atomic E-state index is 3.25. The van der Waals surface area contributed by atoms with E-state index in [0.717, 1.165) is 25.4 Å². The summed E-state index contributed by atoms with van der Waals surface area (Å²) in [6.45, 7) is 7.09. The van der Waals surface area contributed by atoms with Gasteiger partial charge in [-0.25, -0.2) is 0 Å². The van der Waals surface area contributed by atoms with E-state index in [1.807, 2.05) is 7.05 Å². The summed E-state index contributed by atoms with van der Waals surface area (Å²) >= 11 is 0. The Balaban J connectivity index is 1.97. The fourth-order valence-electron chi connectivity index (χ4n) is 3.08. The molecule has 19 heavy (non-hydrogen) atoms. The number of likely N-dealkylation sites (N-methyl/N-ethyl adjacent to an activating group) is 1. The molecular formula is C17H28N2. The minimum absolute atomic E-state index is 0.915. The van der Waals surface area contributed by atoms with E-state index in [0.29, 0.717) is 0 Å². The van der Waals surface area contributed by atoms with Crippen molar-refractivity contribution < 1.29 is 0 Å². The highest BCUT2D eigenvalue weighted by Crippen LogP contribution is 2.22. The summed E-state index contributed by atoms with van der Waals surface area (Å²) in [5.41, 5.74) is 3.03. The van der Waals surface area contributed by atoms with Gasteiger partial charge in [-0.2, -0.15) is 0 Å². The molecule has 1 heterocycles. The zero-order valence-electron chi connectivity index (χ0n) is 12.5. The molecule has 1 aromatic rings. The second-order valence-corrected chi connectivity index (χ2v) is 5.77. The first kappa shape index (κ1) is 14.5. The van der Waals surface area contributed by atoms with Crippen LogP contribution in [0.25, 0.3) is 0 Å². The largest absolute Gasteiger partial charge is 0.319 e. The van der Waals surface area contributed by atoms with Gasteiger partial charge in [-0.15, -0.1) is 0 Å². The molecule has 1 aromatic carbocycles. The van der Waals surface area contributed by atoms with E-state index in [1.54, 1.807) is 0 Å². The molecular weight excluding hydrogens is 232 g/mol. The minimum atomic E-state index is 0.915. The van der Waals surface area contributed by atoms with Crippen LogP contribution in [-0.2, 0) is 13.0 Å². The van der Waals surface area contributed by atoms with Gasteiger partial charge < -0.3 is 5.32 Å².